The SMILES string of the molecule is COCc1nc(C2CCN(C(=O)c3cccnc3)CC2)no1. The van der Waals surface area contributed by atoms with Gasteiger partial charge in [-0.25, -0.2) is 0 Å². The molecule has 0 N–H and O–H groups in total. The number of likely N-dealkylation sites (tertiary alicyclic amines) is 1. The number of aromatic nitrogens is 3. The predicted octanol–water partition coefficient (Wildman–Crippen LogP) is 1.63. The number of hydrogen-bond acceptors (Lipinski definition) is 6. The molecule has 3 rings (SSSR count). The second-order valence-corrected chi connectivity index (χ2v) is 5.29. The van der Waals surface area contributed by atoms with Gasteiger partial charge in [0, 0.05) is 38.5 Å². The molecule has 7 nitrogen and oxygen atoms in total. The second kappa shape index (κ2) is 6.65. The number of amides is 1. The Bertz CT molecular complexity index is 621. The Balaban J connectivity index is 1.59. The first kappa shape index (κ1) is 14.6. The maximum atomic E-state index is 12.4. The van der Waals surface area contributed by atoms with Crippen molar-refractivity contribution in [3.63, 3.8) is 0 Å². The lowest BCUT2D eigenvalue weighted by atomic mass is 9.96. The maximum absolute atomic E-state index is 12.4. The van der Waals surface area contributed by atoms with Crippen molar-refractivity contribution in [1.29, 1.82) is 0 Å². The van der Waals surface area contributed by atoms with Gasteiger partial charge in [-0.15, -0.1) is 0 Å². The van der Waals surface area contributed by atoms with E-state index in [0.29, 0.717) is 37.0 Å². The molecule has 2 aromatic heterocycles. The standard InChI is InChI=1S/C15H18N4O3/c1-21-10-13-17-14(18-22-13)11-4-7-19(8-5-11)15(20)12-3-2-6-16-9-12/h2-3,6,9,11H,4-5,7-8,10H2,1H3. The molecule has 0 bridgehead atoms. The highest BCUT2D eigenvalue weighted by molar-refractivity contribution is 5.93. The van der Waals surface area contributed by atoms with Crippen molar-refractivity contribution in [2.45, 2.75) is 25.4 Å². The van der Waals surface area contributed by atoms with E-state index >= 15 is 0 Å². The molecule has 1 saturated heterocycles. The van der Waals surface area contributed by atoms with Crippen molar-refractivity contribution in [1.82, 2.24) is 20.0 Å². The summed E-state index contributed by atoms with van der Waals surface area (Å²) in [4.78, 5) is 22.5. The van der Waals surface area contributed by atoms with Gasteiger partial charge < -0.3 is 14.2 Å². The molecule has 0 aromatic carbocycles. The van der Waals surface area contributed by atoms with Gasteiger partial charge in [-0.3, -0.25) is 9.78 Å². The van der Waals surface area contributed by atoms with E-state index in [1.54, 1.807) is 31.6 Å². The Kier molecular flexibility index (Phi) is 4.43. The zero-order chi connectivity index (χ0) is 15.4. The van der Waals surface area contributed by atoms with Gasteiger partial charge in [0.25, 0.3) is 11.8 Å². The highest BCUT2D eigenvalue weighted by atomic mass is 16.5. The summed E-state index contributed by atoms with van der Waals surface area (Å²) < 4.78 is 10.1. The van der Waals surface area contributed by atoms with Gasteiger partial charge in [0.2, 0.25) is 0 Å². The summed E-state index contributed by atoms with van der Waals surface area (Å²) in [6.45, 7) is 1.70. The Labute approximate surface area is 128 Å². The van der Waals surface area contributed by atoms with Crippen molar-refractivity contribution >= 4 is 5.91 Å². The molecule has 1 fully saturated rings. The van der Waals surface area contributed by atoms with Gasteiger partial charge in [-0.2, -0.15) is 4.98 Å². The van der Waals surface area contributed by atoms with Crippen LogP contribution in [0.5, 0.6) is 0 Å². The van der Waals surface area contributed by atoms with E-state index in [2.05, 4.69) is 15.1 Å². The molecule has 0 radical (unpaired) electrons. The van der Waals surface area contributed by atoms with Crippen LogP contribution in [0.25, 0.3) is 0 Å². The predicted molar refractivity (Wildman–Crippen MR) is 77.1 cm³/mol. The van der Waals surface area contributed by atoms with Crippen molar-refractivity contribution in [2.24, 2.45) is 0 Å². The number of hydrogen-bond donors (Lipinski definition) is 0. The lowest BCUT2D eigenvalue weighted by Gasteiger charge is -2.30. The van der Waals surface area contributed by atoms with E-state index in [1.807, 2.05) is 4.90 Å². The number of piperidine rings is 1. The van der Waals surface area contributed by atoms with Gasteiger partial charge in [0.05, 0.1) is 5.56 Å². The highest BCUT2D eigenvalue weighted by Gasteiger charge is 2.27. The minimum absolute atomic E-state index is 0.0275. The number of methoxy groups -OCH3 is 1. The average molecular weight is 302 g/mol. The summed E-state index contributed by atoms with van der Waals surface area (Å²) in [6, 6.07) is 3.56. The molecule has 1 aliphatic heterocycles. The van der Waals surface area contributed by atoms with Crippen LogP contribution in [0.3, 0.4) is 0 Å². The molecule has 22 heavy (non-hydrogen) atoms. The van der Waals surface area contributed by atoms with Crippen LogP contribution in [0.15, 0.2) is 29.0 Å². The summed E-state index contributed by atoms with van der Waals surface area (Å²) >= 11 is 0. The molecule has 3 heterocycles. The Morgan fingerprint density at radius 1 is 1.45 bits per heavy atom. The Morgan fingerprint density at radius 3 is 2.95 bits per heavy atom. The summed E-state index contributed by atoms with van der Waals surface area (Å²) in [5.41, 5.74) is 0.628. The topological polar surface area (TPSA) is 81.4 Å². The Morgan fingerprint density at radius 2 is 2.27 bits per heavy atom. The van der Waals surface area contributed by atoms with Crippen LogP contribution in [0.1, 0.15) is 40.8 Å². The van der Waals surface area contributed by atoms with Crippen molar-refractivity contribution < 1.29 is 14.1 Å². The summed E-state index contributed by atoms with van der Waals surface area (Å²) in [7, 11) is 1.59. The average Bonchev–Trinajstić information content (AvgIpc) is 3.04. The molecule has 7 heteroatoms. The molecule has 1 aliphatic rings. The van der Waals surface area contributed by atoms with Crippen LogP contribution >= 0.6 is 0 Å². The quantitative estimate of drug-likeness (QED) is 0.854. The maximum Gasteiger partial charge on any atom is 0.255 e. The minimum Gasteiger partial charge on any atom is -0.375 e. The monoisotopic (exact) mass is 302 g/mol. The molecule has 0 aliphatic carbocycles. The largest absolute Gasteiger partial charge is 0.375 e. The fourth-order valence-corrected chi connectivity index (χ4v) is 2.63. The van der Waals surface area contributed by atoms with Gasteiger partial charge in [-0.05, 0) is 25.0 Å². The summed E-state index contributed by atoms with van der Waals surface area (Å²) in [5.74, 6) is 1.46. The third-order valence-electron chi connectivity index (χ3n) is 3.81. The van der Waals surface area contributed by atoms with Crippen LogP contribution in [0, 0.1) is 0 Å². The zero-order valence-electron chi connectivity index (χ0n) is 12.4. The van der Waals surface area contributed by atoms with Crippen LogP contribution in [-0.2, 0) is 11.3 Å². The molecule has 0 unspecified atom stereocenters. The van der Waals surface area contributed by atoms with Crippen molar-refractivity contribution in [3.8, 4) is 0 Å². The number of carbonyl (C=O) groups is 1. The smallest absolute Gasteiger partial charge is 0.255 e. The molecule has 1 amide bonds. The number of ether oxygens (including phenoxy) is 1. The van der Waals surface area contributed by atoms with E-state index in [1.165, 1.54) is 0 Å². The van der Waals surface area contributed by atoms with Crippen molar-refractivity contribution in [3.05, 3.63) is 41.8 Å². The van der Waals surface area contributed by atoms with Gasteiger partial charge in [-0.1, -0.05) is 5.16 Å². The van der Waals surface area contributed by atoms with E-state index in [0.717, 1.165) is 12.8 Å². The molecular weight excluding hydrogens is 284 g/mol. The third kappa shape index (κ3) is 3.14. The lowest BCUT2D eigenvalue weighted by Crippen LogP contribution is -2.38. The number of rotatable bonds is 4. The zero-order valence-corrected chi connectivity index (χ0v) is 12.4. The van der Waals surface area contributed by atoms with E-state index in [4.69, 9.17) is 9.26 Å². The van der Waals surface area contributed by atoms with Crippen molar-refractivity contribution in [2.75, 3.05) is 20.2 Å². The second-order valence-electron chi connectivity index (χ2n) is 5.29. The molecule has 0 saturated carbocycles. The van der Waals surface area contributed by atoms with E-state index in [9.17, 15) is 4.79 Å². The van der Waals surface area contributed by atoms with E-state index in [-0.39, 0.29) is 11.8 Å². The molecule has 0 spiro atoms. The molecular formula is C15H18N4O3. The fraction of sp³-hybridized carbons (Fsp3) is 0.467. The van der Waals surface area contributed by atoms with Crippen LogP contribution in [0.4, 0.5) is 0 Å². The molecule has 2 aromatic rings. The van der Waals surface area contributed by atoms with Crippen LogP contribution in [-0.4, -0.2) is 46.1 Å². The van der Waals surface area contributed by atoms with Gasteiger partial charge in [0.1, 0.15) is 6.61 Å². The van der Waals surface area contributed by atoms with E-state index < -0.39 is 0 Å². The van der Waals surface area contributed by atoms with Gasteiger partial charge in [0.15, 0.2) is 5.82 Å². The van der Waals surface area contributed by atoms with Gasteiger partial charge >= 0.3 is 0 Å². The molecule has 116 valence electrons. The first-order valence-corrected chi connectivity index (χ1v) is 7.28. The Hall–Kier alpha value is -2.28. The summed E-state index contributed by atoms with van der Waals surface area (Å²) in [6.07, 6.45) is 4.93. The highest BCUT2D eigenvalue weighted by Crippen LogP contribution is 2.26. The van der Waals surface area contributed by atoms with Crippen LogP contribution < -0.4 is 0 Å². The number of carbonyl (C=O) groups excluding carboxylic acids is 1. The molecule has 0 atom stereocenters. The number of nitrogens with zero attached hydrogens (tertiary/aromatic N) is 4. The lowest BCUT2D eigenvalue weighted by molar-refractivity contribution is 0.0710. The van der Waals surface area contributed by atoms with Crippen LogP contribution in [0.2, 0.25) is 0 Å². The third-order valence-corrected chi connectivity index (χ3v) is 3.81. The summed E-state index contributed by atoms with van der Waals surface area (Å²) in [5, 5.41) is 4.01. The first-order chi connectivity index (χ1) is 10.8. The minimum atomic E-state index is 0.0275. The first-order valence-electron chi connectivity index (χ1n) is 7.28. The normalized spacial score (nSPS) is 16.0. The fourth-order valence-electron chi connectivity index (χ4n) is 2.63. The number of pyridine rings is 1.